The number of amides is 1. The zero-order valence-corrected chi connectivity index (χ0v) is 18.1. The Kier molecular flexibility index (Phi) is 6.39. The van der Waals surface area contributed by atoms with E-state index in [9.17, 15) is 4.79 Å². The van der Waals surface area contributed by atoms with Crippen molar-refractivity contribution in [2.24, 2.45) is 4.99 Å². The first-order valence-corrected chi connectivity index (χ1v) is 11.6. The van der Waals surface area contributed by atoms with Gasteiger partial charge in [-0.05, 0) is 50.2 Å². The second-order valence-corrected chi connectivity index (χ2v) is 9.47. The van der Waals surface area contributed by atoms with Crippen LogP contribution in [0.5, 0.6) is 0 Å². The molecule has 0 atom stereocenters. The number of fused-ring (bicyclic) bond motifs is 1. The summed E-state index contributed by atoms with van der Waals surface area (Å²) in [7, 11) is 0. The van der Waals surface area contributed by atoms with E-state index in [4.69, 9.17) is 23.2 Å². The maximum atomic E-state index is 13.2. The van der Waals surface area contributed by atoms with Gasteiger partial charge in [0.2, 0.25) is 0 Å². The number of thiophene rings is 1. The van der Waals surface area contributed by atoms with Crippen molar-refractivity contribution < 1.29 is 4.79 Å². The van der Waals surface area contributed by atoms with Gasteiger partial charge in [-0.15, -0.1) is 11.3 Å². The van der Waals surface area contributed by atoms with Crippen molar-refractivity contribution in [2.45, 2.75) is 63.8 Å². The number of hydrogen-bond acceptors (Lipinski definition) is 3. The van der Waals surface area contributed by atoms with Crippen molar-refractivity contribution in [1.82, 2.24) is 5.32 Å². The number of rotatable bonds is 4. The molecule has 3 nitrogen and oxygen atoms in total. The van der Waals surface area contributed by atoms with Gasteiger partial charge in [-0.3, -0.25) is 4.79 Å². The second kappa shape index (κ2) is 8.98. The lowest BCUT2D eigenvalue weighted by Crippen LogP contribution is -2.36. The largest absolute Gasteiger partial charge is 0.349 e. The van der Waals surface area contributed by atoms with Crippen LogP contribution in [0.15, 0.2) is 23.2 Å². The third-order valence-electron chi connectivity index (χ3n) is 5.62. The summed E-state index contributed by atoms with van der Waals surface area (Å²) in [6, 6.07) is 5.78. The van der Waals surface area contributed by atoms with Gasteiger partial charge in [-0.25, -0.2) is 4.99 Å². The van der Waals surface area contributed by atoms with E-state index in [2.05, 4.69) is 10.3 Å². The van der Waals surface area contributed by atoms with Crippen molar-refractivity contribution in [2.75, 3.05) is 0 Å². The molecule has 1 heterocycles. The molecule has 148 valence electrons. The van der Waals surface area contributed by atoms with Gasteiger partial charge >= 0.3 is 0 Å². The number of halogens is 2. The Hall–Kier alpha value is -1.36. The van der Waals surface area contributed by atoms with Crippen molar-refractivity contribution in [3.63, 3.8) is 0 Å². The molecule has 1 aromatic carbocycles. The lowest BCUT2D eigenvalue weighted by atomic mass is 9.93. The molecule has 2 aliphatic rings. The van der Waals surface area contributed by atoms with Gasteiger partial charge in [0.15, 0.2) is 0 Å². The van der Waals surface area contributed by atoms with Crippen LogP contribution in [0.1, 0.15) is 71.3 Å². The highest BCUT2D eigenvalue weighted by Gasteiger charge is 2.27. The van der Waals surface area contributed by atoms with E-state index >= 15 is 0 Å². The van der Waals surface area contributed by atoms with E-state index in [-0.39, 0.29) is 5.91 Å². The highest BCUT2D eigenvalue weighted by atomic mass is 35.5. The topological polar surface area (TPSA) is 41.5 Å². The summed E-state index contributed by atoms with van der Waals surface area (Å²) in [5.41, 5.74) is 2.74. The summed E-state index contributed by atoms with van der Waals surface area (Å²) in [5, 5.41) is 5.06. The number of hydrogen-bond donors (Lipinski definition) is 1. The molecule has 0 bridgehead atoms. The lowest BCUT2D eigenvalue weighted by Gasteiger charge is -2.23. The van der Waals surface area contributed by atoms with E-state index < -0.39 is 0 Å². The smallest absolute Gasteiger partial charge is 0.254 e. The molecule has 1 saturated carbocycles. The predicted octanol–water partition coefficient (Wildman–Crippen LogP) is 6.75. The standard InChI is InChI=1S/C22H24Cl2N2OS/c23-17-11-6-7-14(20(17)24)13-25-22-19(16-10-4-5-12-18(16)28-22)21(27)26-15-8-2-1-3-9-15/h6-7,11,13,15H,1-5,8-10,12H2,(H,26,27)/b25-13-. The van der Waals surface area contributed by atoms with E-state index in [1.807, 2.05) is 12.1 Å². The van der Waals surface area contributed by atoms with Gasteiger partial charge in [0.1, 0.15) is 5.00 Å². The number of nitrogens with one attached hydrogen (secondary N) is 1. The van der Waals surface area contributed by atoms with Crippen LogP contribution < -0.4 is 5.32 Å². The van der Waals surface area contributed by atoms with Crippen molar-refractivity contribution in [3.05, 3.63) is 49.8 Å². The number of carbonyl (C=O) groups excluding carboxylic acids is 1. The highest BCUT2D eigenvalue weighted by molar-refractivity contribution is 7.16. The minimum absolute atomic E-state index is 0.0376. The molecule has 2 aliphatic carbocycles. The highest BCUT2D eigenvalue weighted by Crippen LogP contribution is 2.40. The first kappa shape index (κ1) is 19.9. The summed E-state index contributed by atoms with van der Waals surface area (Å²) in [5.74, 6) is 0.0376. The van der Waals surface area contributed by atoms with Crippen LogP contribution in [-0.4, -0.2) is 18.2 Å². The molecular formula is C22H24Cl2N2OS. The number of aryl methyl sites for hydroxylation is 1. The average molecular weight is 435 g/mol. The van der Waals surface area contributed by atoms with Crippen LogP contribution in [0.4, 0.5) is 5.00 Å². The molecule has 0 radical (unpaired) electrons. The third-order valence-corrected chi connectivity index (χ3v) is 7.66. The van der Waals surface area contributed by atoms with Gasteiger partial charge in [-0.2, -0.15) is 0 Å². The van der Waals surface area contributed by atoms with Crippen LogP contribution in [-0.2, 0) is 12.8 Å². The summed E-state index contributed by atoms with van der Waals surface area (Å²) < 4.78 is 0. The van der Waals surface area contributed by atoms with Crippen molar-refractivity contribution in [3.8, 4) is 0 Å². The van der Waals surface area contributed by atoms with Crippen LogP contribution >= 0.6 is 34.5 Å². The van der Waals surface area contributed by atoms with Crippen LogP contribution in [0, 0.1) is 0 Å². The molecule has 0 saturated heterocycles. The summed E-state index contributed by atoms with van der Waals surface area (Å²) >= 11 is 14.1. The Morgan fingerprint density at radius 3 is 2.71 bits per heavy atom. The minimum atomic E-state index is 0.0376. The van der Waals surface area contributed by atoms with Gasteiger partial charge in [0.25, 0.3) is 5.91 Å². The minimum Gasteiger partial charge on any atom is -0.349 e. The molecule has 1 N–H and O–H groups in total. The SMILES string of the molecule is O=C(NC1CCCCC1)c1c(/N=C\c2cccc(Cl)c2Cl)sc2c1CCCC2. The maximum Gasteiger partial charge on any atom is 0.254 e. The normalized spacial score (nSPS) is 17.6. The molecule has 1 aromatic heterocycles. The van der Waals surface area contributed by atoms with Gasteiger partial charge in [0.05, 0.1) is 15.6 Å². The predicted molar refractivity (Wildman–Crippen MR) is 119 cm³/mol. The molecule has 1 amide bonds. The molecule has 0 unspecified atom stereocenters. The maximum absolute atomic E-state index is 13.2. The average Bonchev–Trinajstić information content (AvgIpc) is 3.08. The number of carbonyl (C=O) groups is 1. The second-order valence-electron chi connectivity index (χ2n) is 7.60. The fourth-order valence-electron chi connectivity index (χ4n) is 4.13. The van der Waals surface area contributed by atoms with Gasteiger partial charge in [-0.1, -0.05) is 54.6 Å². The zero-order valence-electron chi connectivity index (χ0n) is 15.8. The summed E-state index contributed by atoms with van der Waals surface area (Å²) in [6.07, 6.45) is 11.9. The molecule has 2 aromatic rings. The molecular weight excluding hydrogens is 411 g/mol. The Bertz CT molecular complexity index is 900. The van der Waals surface area contributed by atoms with Crippen molar-refractivity contribution in [1.29, 1.82) is 0 Å². The molecule has 0 spiro atoms. The number of aliphatic imine (C=N–C) groups is 1. The zero-order chi connectivity index (χ0) is 19.5. The third kappa shape index (κ3) is 4.29. The van der Waals surface area contributed by atoms with Gasteiger partial charge in [0, 0.05) is 22.7 Å². The summed E-state index contributed by atoms with van der Waals surface area (Å²) in [4.78, 5) is 19.2. The first-order valence-electron chi connectivity index (χ1n) is 10.1. The Balaban J connectivity index is 1.64. The monoisotopic (exact) mass is 434 g/mol. The molecule has 28 heavy (non-hydrogen) atoms. The van der Waals surface area contributed by atoms with E-state index in [0.717, 1.165) is 48.2 Å². The first-order chi connectivity index (χ1) is 13.6. The molecule has 1 fully saturated rings. The van der Waals surface area contributed by atoms with E-state index in [1.165, 1.54) is 36.1 Å². The lowest BCUT2D eigenvalue weighted by molar-refractivity contribution is 0.0927. The van der Waals surface area contributed by atoms with E-state index in [0.29, 0.717) is 16.1 Å². The summed E-state index contributed by atoms with van der Waals surface area (Å²) in [6.45, 7) is 0. The fraction of sp³-hybridized carbons (Fsp3) is 0.455. The van der Waals surface area contributed by atoms with Crippen molar-refractivity contribution >= 4 is 51.7 Å². The van der Waals surface area contributed by atoms with Crippen LogP contribution in [0.3, 0.4) is 0 Å². The Morgan fingerprint density at radius 1 is 1.11 bits per heavy atom. The molecule has 6 heteroatoms. The molecule has 4 rings (SSSR count). The Morgan fingerprint density at radius 2 is 1.89 bits per heavy atom. The molecule has 0 aliphatic heterocycles. The number of benzene rings is 1. The number of nitrogens with zero attached hydrogens (tertiary/aromatic N) is 1. The Labute approximate surface area is 180 Å². The van der Waals surface area contributed by atoms with E-state index in [1.54, 1.807) is 23.6 Å². The van der Waals surface area contributed by atoms with Crippen LogP contribution in [0.25, 0.3) is 0 Å². The van der Waals surface area contributed by atoms with Gasteiger partial charge < -0.3 is 5.32 Å². The fourth-order valence-corrected chi connectivity index (χ4v) is 5.72. The quantitative estimate of drug-likeness (QED) is 0.531. The van der Waals surface area contributed by atoms with Crippen LogP contribution in [0.2, 0.25) is 10.0 Å².